The van der Waals surface area contributed by atoms with Gasteiger partial charge in [-0.3, -0.25) is 0 Å². The zero-order valence-corrected chi connectivity index (χ0v) is 11.2. The second-order valence-corrected chi connectivity index (χ2v) is 6.25. The molecule has 2 saturated carbocycles. The lowest BCUT2D eigenvalue weighted by molar-refractivity contribution is 0.0895. The van der Waals surface area contributed by atoms with Crippen LogP contribution in [0.25, 0.3) is 0 Å². The maximum absolute atomic E-state index is 11.9. The number of hydrogen-bond acceptors (Lipinski definition) is 2. The van der Waals surface area contributed by atoms with E-state index >= 15 is 0 Å². The zero-order chi connectivity index (χ0) is 12.5. The van der Waals surface area contributed by atoms with Crippen molar-refractivity contribution in [3.05, 3.63) is 0 Å². The van der Waals surface area contributed by atoms with E-state index in [1.165, 1.54) is 25.7 Å². The number of amides is 2. The van der Waals surface area contributed by atoms with E-state index in [1.54, 1.807) is 0 Å². The number of rotatable bonds is 3. The molecular formula is C14H24N2O2. The first-order valence-corrected chi connectivity index (χ1v) is 7.41. The highest BCUT2D eigenvalue weighted by Crippen LogP contribution is 2.49. The normalized spacial score (nSPS) is 39.8. The van der Waals surface area contributed by atoms with Crippen LogP contribution < -0.4 is 10.6 Å². The summed E-state index contributed by atoms with van der Waals surface area (Å²) in [6, 6.07) is 0.235. The highest BCUT2D eigenvalue weighted by Gasteiger charge is 2.42. The van der Waals surface area contributed by atoms with E-state index < -0.39 is 0 Å². The first kappa shape index (κ1) is 12.3. The third-order valence-electron chi connectivity index (χ3n) is 5.02. The Hall–Kier alpha value is -0.770. The van der Waals surface area contributed by atoms with Gasteiger partial charge in [0.05, 0.1) is 0 Å². The Morgan fingerprint density at radius 1 is 1.28 bits per heavy atom. The molecular weight excluding hydrogens is 228 g/mol. The molecule has 2 aliphatic carbocycles. The Morgan fingerprint density at radius 2 is 2.17 bits per heavy atom. The second kappa shape index (κ2) is 5.08. The molecule has 102 valence electrons. The van der Waals surface area contributed by atoms with E-state index in [1.807, 2.05) is 0 Å². The predicted octanol–water partition coefficient (Wildman–Crippen LogP) is 2.25. The molecule has 2 amide bonds. The maximum atomic E-state index is 11.9. The summed E-state index contributed by atoms with van der Waals surface area (Å²) in [4.78, 5) is 11.9. The van der Waals surface area contributed by atoms with Crippen molar-refractivity contribution in [2.45, 2.75) is 57.7 Å². The van der Waals surface area contributed by atoms with Gasteiger partial charge in [-0.15, -0.1) is 0 Å². The van der Waals surface area contributed by atoms with Crippen LogP contribution in [0.15, 0.2) is 0 Å². The average Bonchev–Trinajstić information content (AvgIpc) is 3.04. The van der Waals surface area contributed by atoms with E-state index in [9.17, 15) is 4.79 Å². The molecule has 1 saturated heterocycles. The third kappa shape index (κ3) is 2.48. The van der Waals surface area contributed by atoms with Gasteiger partial charge in [0.15, 0.2) is 0 Å². The zero-order valence-electron chi connectivity index (χ0n) is 11.2. The minimum atomic E-state index is -0.0720. The van der Waals surface area contributed by atoms with Crippen LogP contribution in [0.5, 0.6) is 0 Å². The molecule has 2 bridgehead atoms. The smallest absolute Gasteiger partial charge is 0.317 e. The molecule has 3 fully saturated rings. The quantitative estimate of drug-likeness (QED) is 0.809. The van der Waals surface area contributed by atoms with Crippen LogP contribution in [0.4, 0.5) is 4.79 Å². The molecule has 5 atom stereocenters. The number of hydrogen-bond donors (Lipinski definition) is 2. The molecule has 0 spiro atoms. The average molecular weight is 252 g/mol. The van der Waals surface area contributed by atoms with E-state index in [-0.39, 0.29) is 12.3 Å². The minimum Gasteiger partial charge on any atom is -0.358 e. The molecule has 4 heteroatoms. The van der Waals surface area contributed by atoms with Gasteiger partial charge in [0.1, 0.15) is 6.23 Å². The summed E-state index contributed by atoms with van der Waals surface area (Å²) in [6.45, 7) is 2.92. The molecule has 0 aromatic heterocycles. The van der Waals surface area contributed by atoms with Gasteiger partial charge in [-0.25, -0.2) is 4.79 Å². The van der Waals surface area contributed by atoms with Crippen molar-refractivity contribution in [1.82, 2.24) is 10.6 Å². The number of fused-ring (bicyclic) bond motifs is 2. The Bertz CT molecular complexity index is 315. The fraction of sp³-hybridized carbons (Fsp3) is 0.929. The molecule has 1 aliphatic heterocycles. The minimum absolute atomic E-state index is 0.0582. The SMILES string of the molecule is CC(NC(=O)NC1CCCO1)C1CC2CCC1C2. The van der Waals surface area contributed by atoms with Crippen molar-refractivity contribution < 1.29 is 9.53 Å². The maximum Gasteiger partial charge on any atom is 0.317 e. The van der Waals surface area contributed by atoms with Gasteiger partial charge < -0.3 is 15.4 Å². The molecule has 0 aromatic carbocycles. The third-order valence-corrected chi connectivity index (χ3v) is 5.02. The summed E-state index contributed by atoms with van der Waals surface area (Å²) in [5, 5.41) is 6.01. The predicted molar refractivity (Wildman–Crippen MR) is 69.0 cm³/mol. The van der Waals surface area contributed by atoms with Crippen molar-refractivity contribution in [3.63, 3.8) is 0 Å². The summed E-state index contributed by atoms with van der Waals surface area (Å²) in [6.07, 6.45) is 7.40. The molecule has 18 heavy (non-hydrogen) atoms. The summed E-state index contributed by atoms with van der Waals surface area (Å²) >= 11 is 0. The fourth-order valence-corrected chi connectivity index (χ4v) is 4.10. The van der Waals surface area contributed by atoms with Gasteiger partial charge in [0, 0.05) is 12.6 Å². The van der Waals surface area contributed by atoms with Crippen LogP contribution in [-0.4, -0.2) is 24.9 Å². The van der Waals surface area contributed by atoms with Crippen molar-refractivity contribution in [2.24, 2.45) is 17.8 Å². The number of nitrogens with one attached hydrogen (secondary N) is 2. The van der Waals surface area contributed by atoms with Crippen LogP contribution in [0, 0.1) is 17.8 Å². The topological polar surface area (TPSA) is 50.4 Å². The summed E-state index contributed by atoms with van der Waals surface area (Å²) in [5.41, 5.74) is 0. The van der Waals surface area contributed by atoms with Crippen molar-refractivity contribution >= 4 is 6.03 Å². The molecule has 4 nitrogen and oxygen atoms in total. The van der Waals surface area contributed by atoms with Crippen molar-refractivity contribution in [2.75, 3.05) is 6.61 Å². The molecule has 0 aromatic rings. The fourth-order valence-electron chi connectivity index (χ4n) is 4.10. The summed E-state index contributed by atoms with van der Waals surface area (Å²) in [5.74, 6) is 2.48. The van der Waals surface area contributed by atoms with E-state index in [2.05, 4.69) is 17.6 Å². The molecule has 1 heterocycles. The molecule has 2 N–H and O–H groups in total. The number of carbonyl (C=O) groups is 1. The van der Waals surface area contributed by atoms with Gasteiger partial charge in [0.2, 0.25) is 0 Å². The highest BCUT2D eigenvalue weighted by molar-refractivity contribution is 5.74. The molecule has 3 aliphatic rings. The second-order valence-electron chi connectivity index (χ2n) is 6.25. The van der Waals surface area contributed by atoms with E-state index in [0.29, 0.717) is 12.0 Å². The van der Waals surface area contributed by atoms with Gasteiger partial charge >= 0.3 is 6.03 Å². The summed E-state index contributed by atoms with van der Waals surface area (Å²) < 4.78 is 5.41. The van der Waals surface area contributed by atoms with Crippen molar-refractivity contribution in [3.8, 4) is 0 Å². The van der Waals surface area contributed by atoms with Crippen molar-refractivity contribution in [1.29, 1.82) is 0 Å². The van der Waals surface area contributed by atoms with Crippen LogP contribution in [0.3, 0.4) is 0 Å². The Labute approximate surface area is 109 Å². The lowest BCUT2D eigenvalue weighted by Gasteiger charge is -2.29. The Morgan fingerprint density at radius 3 is 2.78 bits per heavy atom. The van der Waals surface area contributed by atoms with Crippen LogP contribution >= 0.6 is 0 Å². The van der Waals surface area contributed by atoms with Gasteiger partial charge in [-0.1, -0.05) is 6.42 Å². The molecule has 0 radical (unpaired) electrons. The first-order valence-electron chi connectivity index (χ1n) is 7.41. The van der Waals surface area contributed by atoms with Gasteiger partial charge in [-0.2, -0.15) is 0 Å². The van der Waals surface area contributed by atoms with E-state index in [4.69, 9.17) is 4.74 Å². The highest BCUT2D eigenvalue weighted by atomic mass is 16.5. The van der Waals surface area contributed by atoms with E-state index in [0.717, 1.165) is 31.3 Å². The summed E-state index contributed by atoms with van der Waals surface area (Å²) in [7, 11) is 0. The van der Waals surface area contributed by atoms with Gasteiger partial charge in [-0.05, 0) is 56.8 Å². The lowest BCUT2D eigenvalue weighted by atomic mass is 9.84. The standard InChI is InChI=1S/C14H24N2O2/c1-9(12-8-10-4-5-11(12)7-10)15-14(17)16-13-3-2-6-18-13/h9-13H,2-8H2,1H3,(H2,15,16,17). The van der Waals surface area contributed by atoms with Gasteiger partial charge in [0.25, 0.3) is 0 Å². The number of carbonyl (C=O) groups excluding carboxylic acids is 1. The largest absolute Gasteiger partial charge is 0.358 e. The van der Waals surface area contributed by atoms with Crippen LogP contribution in [-0.2, 0) is 4.74 Å². The molecule has 3 rings (SSSR count). The van der Waals surface area contributed by atoms with Crippen LogP contribution in [0.2, 0.25) is 0 Å². The first-order chi connectivity index (χ1) is 8.72. The lowest BCUT2D eigenvalue weighted by Crippen LogP contribution is -2.48. The Balaban J connectivity index is 1.45. The Kier molecular flexibility index (Phi) is 3.46. The monoisotopic (exact) mass is 252 g/mol. The number of urea groups is 1. The molecule has 5 unspecified atom stereocenters. The van der Waals surface area contributed by atoms with Crippen LogP contribution in [0.1, 0.15) is 45.4 Å². The number of ether oxygens (including phenoxy) is 1.